The van der Waals surface area contributed by atoms with E-state index in [9.17, 15) is 5.26 Å². The number of hydrogen-bond acceptors (Lipinski definition) is 4. The van der Waals surface area contributed by atoms with Crippen molar-refractivity contribution in [1.82, 2.24) is 0 Å². The van der Waals surface area contributed by atoms with Gasteiger partial charge in [-0.2, -0.15) is 5.26 Å². The minimum absolute atomic E-state index is 0.213. The lowest BCUT2D eigenvalue weighted by atomic mass is 10.1. The molecule has 0 atom stereocenters. The number of hydrogen-bond donors (Lipinski definition) is 0. The Bertz CT molecular complexity index is 479. The van der Waals surface area contributed by atoms with Gasteiger partial charge in [-0.3, -0.25) is 0 Å². The van der Waals surface area contributed by atoms with Gasteiger partial charge in [0, 0.05) is 20.2 Å². The first-order valence-electron chi connectivity index (χ1n) is 5.84. The third kappa shape index (κ3) is 2.24. The third-order valence-corrected chi connectivity index (χ3v) is 3.29. The molecule has 0 bridgehead atoms. The van der Waals surface area contributed by atoms with Crippen LogP contribution in [-0.4, -0.2) is 32.9 Å². The average molecular weight is 267 g/mol. The number of benzene rings is 1. The summed E-state index contributed by atoms with van der Waals surface area (Å²) >= 11 is 6.14. The molecule has 2 rings (SSSR count). The van der Waals surface area contributed by atoms with E-state index >= 15 is 0 Å². The molecule has 4 nitrogen and oxygen atoms in total. The predicted molar refractivity (Wildman–Crippen MR) is 70.3 cm³/mol. The van der Waals surface area contributed by atoms with Gasteiger partial charge in [0.25, 0.3) is 0 Å². The van der Waals surface area contributed by atoms with Gasteiger partial charge in [-0.05, 0) is 19.1 Å². The molecule has 0 aromatic heterocycles. The fourth-order valence-corrected chi connectivity index (χ4v) is 2.21. The van der Waals surface area contributed by atoms with Gasteiger partial charge in [0.2, 0.25) is 0 Å². The second-order valence-corrected chi connectivity index (χ2v) is 4.49. The molecule has 96 valence electrons. The SMILES string of the molecule is CCOc1c(Cl)ccc(C#N)c1N1CC(OC)C1. The number of nitriles is 1. The maximum atomic E-state index is 9.19. The van der Waals surface area contributed by atoms with E-state index in [-0.39, 0.29) is 6.10 Å². The second-order valence-electron chi connectivity index (χ2n) is 4.08. The van der Waals surface area contributed by atoms with Gasteiger partial charge in [-0.15, -0.1) is 0 Å². The Morgan fingerprint density at radius 2 is 2.22 bits per heavy atom. The van der Waals surface area contributed by atoms with E-state index in [2.05, 4.69) is 11.0 Å². The molecular weight excluding hydrogens is 252 g/mol. The summed E-state index contributed by atoms with van der Waals surface area (Å²) in [6.07, 6.45) is 0.213. The fraction of sp³-hybridized carbons (Fsp3) is 0.462. The van der Waals surface area contributed by atoms with Crippen LogP contribution in [0, 0.1) is 11.3 Å². The maximum Gasteiger partial charge on any atom is 0.162 e. The normalized spacial score (nSPS) is 15.1. The van der Waals surface area contributed by atoms with Crippen molar-refractivity contribution in [2.45, 2.75) is 13.0 Å². The number of rotatable bonds is 4. The number of methoxy groups -OCH3 is 1. The van der Waals surface area contributed by atoms with E-state index in [1.54, 1.807) is 19.2 Å². The summed E-state index contributed by atoms with van der Waals surface area (Å²) < 4.78 is 10.8. The highest BCUT2D eigenvalue weighted by Gasteiger charge is 2.31. The molecule has 1 saturated heterocycles. The van der Waals surface area contributed by atoms with E-state index in [1.807, 2.05) is 6.92 Å². The molecule has 5 heteroatoms. The van der Waals surface area contributed by atoms with Crippen LogP contribution in [0.5, 0.6) is 5.75 Å². The van der Waals surface area contributed by atoms with Crippen LogP contribution < -0.4 is 9.64 Å². The quantitative estimate of drug-likeness (QED) is 0.840. The van der Waals surface area contributed by atoms with Gasteiger partial charge >= 0.3 is 0 Å². The van der Waals surface area contributed by atoms with Crippen molar-refractivity contribution in [3.05, 3.63) is 22.7 Å². The molecule has 1 aliphatic heterocycles. The fourth-order valence-electron chi connectivity index (χ4n) is 2.00. The highest BCUT2D eigenvalue weighted by Crippen LogP contribution is 2.40. The van der Waals surface area contributed by atoms with Crippen LogP contribution in [0.4, 0.5) is 5.69 Å². The van der Waals surface area contributed by atoms with Gasteiger partial charge in [0.15, 0.2) is 5.75 Å². The topological polar surface area (TPSA) is 45.5 Å². The molecule has 0 N–H and O–H groups in total. The molecule has 18 heavy (non-hydrogen) atoms. The first-order chi connectivity index (χ1) is 8.71. The van der Waals surface area contributed by atoms with Crippen LogP contribution in [0.15, 0.2) is 12.1 Å². The summed E-state index contributed by atoms with van der Waals surface area (Å²) in [5, 5.41) is 9.72. The summed E-state index contributed by atoms with van der Waals surface area (Å²) in [5.74, 6) is 0.591. The monoisotopic (exact) mass is 266 g/mol. The lowest BCUT2D eigenvalue weighted by Gasteiger charge is -2.41. The minimum Gasteiger partial charge on any atom is -0.490 e. The van der Waals surface area contributed by atoms with Crippen molar-refractivity contribution in [3.8, 4) is 11.8 Å². The first-order valence-corrected chi connectivity index (χ1v) is 6.22. The molecule has 1 aromatic rings. The Morgan fingerprint density at radius 1 is 1.50 bits per heavy atom. The Labute approximate surface area is 112 Å². The molecule has 1 aliphatic rings. The molecule has 0 spiro atoms. The van der Waals surface area contributed by atoms with Gasteiger partial charge in [-0.25, -0.2) is 0 Å². The zero-order valence-electron chi connectivity index (χ0n) is 10.4. The van der Waals surface area contributed by atoms with E-state index in [0.717, 1.165) is 18.8 Å². The lowest BCUT2D eigenvalue weighted by molar-refractivity contribution is 0.0784. The molecule has 0 amide bonds. The van der Waals surface area contributed by atoms with Gasteiger partial charge < -0.3 is 14.4 Å². The molecule has 1 heterocycles. The Morgan fingerprint density at radius 3 is 2.78 bits per heavy atom. The number of halogens is 1. The largest absolute Gasteiger partial charge is 0.490 e. The standard InChI is InChI=1S/C13H15ClN2O2/c1-3-18-13-11(14)5-4-9(6-15)12(13)16-7-10(8-16)17-2/h4-5,10H,3,7-8H2,1-2H3. The van der Waals surface area contributed by atoms with E-state index in [1.165, 1.54) is 0 Å². The Balaban J connectivity index is 2.37. The van der Waals surface area contributed by atoms with Gasteiger partial charge in [-0.1, -0.05) is 11.6 Å². The third-order valence-electron chi connectivity index (χ3n) is 2.99. The van der Waals surface area contributed by atoms with Crippen molar-refractivity contribution in [2.24, 2.45) is 0 Å². The van der Waals surface area contributed by atoms with Crippen molar-refractivity contribution in [1.29, 1.82) is 5.26 Å². The molecule has 0 aliphatic carbocycles. The van der Waals surface area contributed by atoms with Crippen molar-refractivity contribution < 1.29 is 9.47 Å². The van der Waals surface area contributed by atoms with Gasteiger partial charge in [0.05, 0.1) is 29.0 Å². The molecule has 0 saturated carbocycles. The summed E-state index contributed by atoms with van der Waals surface area (Å²) in [5.41, 5.74) is 1.36. The molecule has 1 aromatic carbocycles. The first kappa shape index (κ1) is 13.0. The number of nitrogens with zero attached hydrogens (tertiary/aromatic N) is 2. The molecule has 0 radical (unpaired) electrons. The highest BCUT2D eigenvalue weighted by molar-refractivity contribution is 6.32. The van der Waals surface area contributed by atoms with Crippen LogP contribution in [0.3, 0.4) is 0 Å². The smallest absolute Gasteiger partial charge is 0.162 e. The molecular formula is C13H15ClN2O2. The second kappa shape index (κ2) is 5.47. The number of anilines is 1. The lowest BCUT2D eigenvalue weighted by Crippen LogP contribution is -2.52. The van der Waals surface area contributed by atoms with Crippen LogP contribution in [0.1, 0.15) is 12.5 Å². The summed E-state index contributed by atoms with van der Waals surface area (Å²) in [4.78, 5) is 2.06. The van der Waals surface area contributed by atoms with Crippen LogP contribution >= 0.6 is 11.6 Å². The number of ether oxygens (including phenoxy) is 2. The van der Waals surface area contributed by atoms with Crippen molar-refractivity contribution in [2.75, 3.05) is 31.7 Å². The molecule has 0 unspecified atom stereocenters. The van der Waals surface area contributed by atoms with Gasteiger partial charge in [0.1, 0.15) is 6.07 Å². The maximum absolute atomic E-state index is 9.19. The zero-order chi connectivity index (χ0) is 13.1. The highest BCUT2D eigenvalue weighted by atomic mass is 35.5. The van der Waals surface area contributed by atoms with Crippen molar-refractivity contribution in [3.63, 3.8) is 0 Å². The van der Waals surface area contributed by atoms with E-state index in [0.29, 0.717) is 22.9 Å². The Kier molecular flexibility index (Phi) is 3.95. The van der Waals surface area contributed by atoms with Crippen LogP contribution in [0.2, 0.25) is 5.02 Å². The summed E-state index contributed by atoms with van der Waals surface area (Å²) in [7, 11) is 1.69. The van der Waals surface area contributed by atoms with E-state index < -0.39 is 0 Å². The van der Waals surface area contributed by atoms with E-state index in [4.69, 9.17) is 21.1 Å². The zero-order valence-corrected chi connectivity index (χ0v) is 11.2. The summed E-state index contributed by atoms with van der Waals surface area (Å²) in [6.45, 7) is 3.92. The van der Waals surface area contributed by atoms with Crippen LogP contribution in [0.25, 0.3) is 0 Å². The predicted octanol–water partition coefficient (Wildman–Crippen LogP) is 2.45. The average Bonchev–Trinajstić information content (AvgIpc) is 2.32. The molecule has 1 fully saturated rings. The van der Waals surface area contributed by atoms with Crippen LogP contribution in [-0.2, 0) is 4.74 Å². The minimum atomic E-state index is 0.213. The Hall–Kier alpha value is -1.44. The van der Waals surface area contributed by atoms with Crippen molar-refractivity contribution >= 4 is 17.3 Å². The summed E-state index contributed by atoms with van der Waals surface area (Å²) in [6, 6.07) is 5.60.